The topological polar surface area (TPSA) is 58.4 Å². The predicted molar refractivity (Wildman–Crippen MR) is 84.5 cm³/mol. The van der Waals surface area contributed by atoms with Crippen molar-refractivity contribution < 1.29 is 4.79 Å². The molecule has 0 saturated heterocycles. The van der Waals surface area contributed by atoms with Crippen LogP contribution in [0.3, 0.4) is 0 Å². The molecule has 0 aromatic rings. The third kappa shape index (κ3) is 5.80. The predicted octanol–water partition coefficient (Wildman–Crippen LogP) is 1.99. The SMILES string of the molecule is CC(C)C[C@H](N)C(=O)NCC(C1CCCCC1)N(C)C. The smallest absolute Gasteiger partial charge is 0.236 e. The molecule has 0 spiro atoms. The molecule has 1 rings (SSSR count). The molecular formula is C16H33N3O. The van der Waals surface area contributed by atoms with Crippen molar-refractivity contribution in [3.63, 3.8) is 0 Å². The molecule has 0 radical (unpaired) electrons. The van der Waals surface area contributed by atoms with Crippen LogP contribution >= 0.6 is 0 Å². The van der Waals surface area contributed by atoms with Crippen LogP contribution in [0.2, 0.25) is 0 Å². The van der Waals surface area contributed by atoms with E-state index in [0.717, 1.165) is 13.0 Å². The molecule has 20 heavy (non-hydrogen) atoms. The summed E-state index contributed by atoms with van der Waals surface area (Å²) in [4.78, 5) is 14.3. The molecular weight excluding hydrogens is 250 g/mol. The van der Waals surface area contributed by atoms with Crippen LogP contribution in [0, 0.1) is 11.8 Å². The third-order valence-electron chi connectivity index (χ3n) is 4.40. The molecule has 1 fully saturated rings. The van der Waals surface area contributed by atoms with E-state index in [9.17, 15) is 4.79 Å². The summed E-state index contributed by atoms with van der Waals surface area (Å²) >= 11 is 0. The van der Waals surface area contributed by atoms with Crippen LogP contribution in [0.4, 0.5) is 0 Å². The van der Waals surface area contributed by atoms with Gasteiger partial charge in [-0.05, 0) is 45.2 Å². The first-order valence-electron chi connectivity index (χ1n) is 8.11. The first kappa shape index (κ1) is 17.4. The molecule has 4 nitrogen and oxygen atoms in total. The molecule has 0 aromatic heterocycles. The monoisotopic (exact) mass is 283 g/mol. The average molecular weight is 283 g/mol. The molecule has 1 aliphatic carbocycles. The molecule has 1 unspecified atom stereocenters. The standard InChI is InChI=1S/C16H33N3O/c1-12(2)10-14(17)16(20)18-11-15(19(3)4)13-8-6-5-7-9-13/h12-15H,5-11,17H2,1-4H3,(H,18,20)/t14-,15?/m0/s1. The maximum Gasteiger partial charge on any atom is 0.236 e. The van der Waals surface area contributed by atoms with Crippen LogP contribution in [0.5, 0.6) is 0 Å². The second-order valence-electron chi connectivity index (χ2n) is 6.91. The lowest BCUT2D eigenvalue weighted by Crippen LogP contribution is -2.49. The van der Waals surface area contributed by atoms with Crippen molar-refractivity contribution >= 4 is 5.91 Å². The third-order valence-corrected chi connectivity index (χ3v) is 4.40. The van der Waals surface area contributed by atoms with E-state index in [4.69, 9.17) is 5.73 Å². The van der Waals surface area contributed by atoms with Gasteiger partial charge in [0.25, 0.3) is 0 Å². The second-order valence-corrected chi connectivity index (χ2v) is 6.91. The lowest BCUT2D eigenvalue weighted by atomic mass is 9.83. The van der Waals surface area contributed by atoms with Crippen LogP contribution < -0.4 is 11.1 Å². The number of rotatable bonds is 7. The Morgan fingerprint density at radius 2 is 1.85 bits per heavy atom. The zero-order valence-corrected chi connectivity index (χ0v) is 13.7. The van der Waals surface area contributed by atoms with Crippen molar-refractivity contribution in [1.29, 1.82) is 0 Å². The van der Waals surface area contributed by atoms with E-state index >= 15 is 0 Å². The van der Waals surface area contributed by atoms with Crippen molar-refractivity contribution in [2.75, 3.05) is 20.6 Å². The van der Waals surface area contributed by atoms with E-state index in [1.54, 1.807) is 0 Å². The van der Waals surface area contributed by atoms with Gasteiger partial charge in [-0.25, -0.2) is 0 Å². The summed E-state index contributed by atoms with van der Waals surface area (Å²) in [6, 6.07) is 0.0645. The molecule has 4 heteroatoms. The zero-order valence-electron chi connectivity index (χ0n) is 13.7. The average Bonchev–Trinajstić information content (AvgIpc) is 2.38. The van der Waals surface area contributed by atoms with E-state index in [0.29, 0.717) is 17.9 Å². The highest BCUT2D eigenvalue weighted by atomic mass is 16.2. The van der Waals surface area contributed by atoms with Gasteiger partial charge in [-0.3, -0.25) is 4.79 Å². The maximum absolute atomic E-state index is 12.0. The van der Waals surface area contributed by atoms with Gasteiger partial charge in [0, 0.05) is 12.6 Å². The van der Waals surface area contributed by atoms with Gasteiger partial charge in [0.15, 0.2) is 0 Å². The van der Waals surface area contributed by atoms with Gasteiger partial charge in [0.05, 0.1) is 6.04 Å². The van der Waals surface area contributed by atoms with Gasteiger partial charge in [0.1, 0.15) is 0 Å². The summed E-state index contributed by atoms with van der Waals surface area (Å²) in [7, 11) is 4.22. The number of likely N-dealkylation sites (N-methyl/N-ethyl adjacent to an activating group) is 1. The van der Waals surface area contributed by atoms with Crippen molar-refractivity contribution in [2.24, 2.45) is 17.6 Å². The maximum atomic E-state index is 12.0. The minimum atomic E-state index is -0.371. The lowest BCUT2D eigenvalue weighted by Gasteiger charge is -2.35. The first-order chi connectivity index (χ1) is 9.41. The number of nitrogens with zero attached hydrogens (tertiary/aromatic N) is 1. The van der Waals surface area contributed by atoms with Gasteiger partial charge < -0.3 is 16.0 Å². The van der Waals surface area contributed by atoms with Crippen LogP contribution in [0.1, 0.15) is 52.4 Å². The first-order valence-corrected chi connectivity index (χ1v) is 8.11. The Hall–Kier alpha value is -0.610. The van der Waals surface area contributed by atoms with E-state index in [1.807, 2.05) is 0 Å². The molecule has 0 aliphatic heterocycles. The number of carbonyl (C=O) groups is 1. The van der Waals surface area contributed by atoms with Crippen molar-refractivity contribution in [3.8, 4) is 0 Å². The number of nitrogens with one attached hydrogen (secondary N) is 1. The fourth-order valence-electron chi connectivity index (χ4n) is 3.24. The second kappa shape index (κ2) is 8.63. The minimum absolute atomic E-state index is 0.00126. The summed E-state index contributed by atoms with van der Waals surface area (Å²) < 4.78 is 0. The number of carbonyl (C=O) groups excluding carboxylic acids is 1. The van der Waals surface area contributed by atoms with Crippen LogP contribution in [-0.4, -0.2) is 43.5 Å². The Bertz CT molecular complexity index is 285. The minimum Gasteiger partial charge on any atom is -0.353 e. The van der Waals surface area contributed by atoms with Gasteiger partial charge in [-0.2, -0.15) is 0 Å². The quantitative estimate of drug-likeness (QED) is 0.751. The lowest BCUT2D eigenvalue weighted by molar-refractivity contribution is -0.123. The molecule has 118 valence electrons. The van der Waals surface area contributed by atoms with E-state index in [2.05, 4.69) is 38.2 Å². The van der Waals surface area contributed by atoms with Crippen LogP contribution in [-0.2, 0) is 4.79 Å². The highest BCUT2D eigenvalue weighted by Crippen LogP contribution is 2.28. The molecule has 1 aliphatic rings. The fraction of sp³-hybridized carbons (Fsp3) is 0.938. The number of hydrogen-bond acceptors (Lipinski definition) is 3. The summed E-state index contributed by atoms with van der Waals surface area (Å²) in [5.41, 5.74) is 5.93. The van der Waals surface area contributed by atoms with Gasteiger partial charge in [0.2, 0.25) is 5.91 Å². The zero-order chi connectivity index (χ0) is 15.1. The van der Waals surface area contributed by atoms with Crippen molar-refractivity contribution in [3.05, 3.63) is 0 Å². The molecule has 1 amide bonds. The van der Waals surface area contributed by atoms with Crippen LogP contribution in [0.25, 0.3) is 0 Å². The molecule has 0 aromatic carbocycles. The van der Waals surface area contributed by atoms with Gasteiger partial charge in [-0.15, -0.1) is 0 Å². The Balaban J connectivity index is 2.44. The Kier molecular flexibility index (Phi) is 7.52. The van der Waals surface area contributed by atoms with Gasteiger partial charge in [-0.1, -0.05) is 33.1 Å². The Morgan fingerprint density at radius 3 is 2.35 bits per heavy atom. The summed E-state index contributed by atoms with van der Waals surface area (Å²) in [6.07, 6.45) is 7.35. The summed E-state index contributed by atoms with van der Waals surface area (Å²) in [6.45, 7) is 4.91. The summed E-state index contributed by atoms with van der Waals surface area (Å²) in [5.74, 6) is 1.17. The largest absolute Gasteiger partial charge is 0.353 e. The number of hydrogen-bond donors (Lipinski definition) is 2. The summed E-state index contributed by atoms with van der Waals surface area (Å²) in [5, 5.41) is 3.06. The van der Waals surface area contributed by atoms with Gasteiger partial charge >= 0.3 is 0 Å². The fourth-order valence-corrected chi connectivity index (χ4v) is 3.24. The van der Waals surface area contributed by atoms with E-state index < -0.39 is 0 Å². The molecule has 0 bridgehead atoms. The Morgan fingerprint density at radius 1 is 1.25 bits per heavy atom. The number of nitrogens with two attached hydrogens (primary N) is 1. The number of amides is 1. The van der Waals surface area contributed by atoms with Crippen LogP contribution in [0.15, 0.2) is 0 Å². The Labute approximate surface area is 124 Å². The molecule has 2 atom stereocenters. The molecule has 1 saturated carbocycles. The highest BCUT2D eigenvalue weighted by Gasteiger charge is 2.26. The molecule has 3 N–H and O–H groups in total. The van der Waals surface area contributed by atoms with Crippen molar-refractivity contribution in [2.45, 2.75) is 64.5 Å². The van der Waals surface area contributed by atoms with E-state index in [-0.39, 0.29) is 11.9 Å². The normalized spacial score (nSPS) is 20.1. The van der Waals surface area contributed by atoms with Crippen molar-refractivity contribution in [1.82, 2.24) is 10.2 Å². The highest BCUT2D eigenvalue weighted by molar-refractivity contribution is 5.81. The molecule has 0 heterocycles. The van der Waals surface area contributed by atoms with E-state index in [1.165, 1.54) is 32.1 Å².